The summed E-state index contributed by atoms with van der Waals surface area (Å²) in [5.74, 6) is 0.587. The second kappa shape index (κ2) is 8.79. The highest BCUT2D eigenvalue weighted by Crippen LogP contribution is 2.17. The number of nitrogens with zero attached hydrogens (tertiary/aromatic N) is 3. The molecule has 0 bridgehead atoms. The average molecular weight is 372 g/mol. The molecule has 0 spiro atoms. The van der Waals surface area contributed by atoms with Crippen molar-refractivity contribution in [3.8, 4) is 11.4 Å². The third kappa shape index (κ3) is 6.51. The second-order valence-corrected chi connectivity index (χ2v) is 7.61. The zero-order valence-corrected chi connectivity index (χ0v) is 16.7. The molecule has 1 aromatic heterocycles. The van der Waals surface area contributed by atoms with E-state index in [0.717, 1.165) is 12.0 Å². The number of hydrogen-bond donors (Lipinski definition) is 1. The molecule has 0 unspecified atom stereocenters. The first-order valence-electron chi connectivity index (χ1n) is 9.15. The number of hydrogen-bond acceptors (Lipinski definition) is 5. The molecule has 1 N–H and O–H groups in total. The van der Waals surface area contributed by atoms with Crippen LogP contribution in [0.4, 0.5) is 0 Å². The summed E-state index contributed by atoms with van der Waals surface area (Å²) >= 11 is 0. The van der Waals surface area contributed by atoms with Gasteiger partial charge in [0.05, 0.1) is 6.54 Å². The quantitative estimate of drug-likeness (QED) is 0.807. The van der Waals surface area contributed by atoms with Crippen molar-refractivity contribution in [3.05, 3.63) is 35.7 Å². The van der Waals surface area contributed by atoms with E-state index in [0.29, 0.717) is 18.1 Å². The molecule has 0 saturated carbocycles. The molecule has 0 aliphatic rings. The van der Waals surface area contributed by atoms with E-state index in [1.807, 2.05) is 45.0 Å². The molecule has 0 atom stereocenters. The predicted molar refractivity (Wildman–Crippen MR) is 103 cm³/mol. The van der Waals surface area contributed by atoms with Gasteiger partial charge < -0.3 is 14.7 Å². The number of carbonyl (C=O) groups excluding carboxylic acids is 2. The summed E-state index contributed by atoms with van der Waals surface area (Å²) in [5.41, 5.74) is 1.80. The van der Waals surface area contributed by atoms with Crippen LogP contribution in [0.1, 0.15) is 45.6 Å². The predicted octanol–water partition coefficient (Wildman–Crippen LogP) is 2.60. The number of aromatic nitrogens is 2. The van der Waals surface area contributed by atoms with E-state index in [2.05, 4.69) is 22.4 Å². The topological polar surface area (TPSA) is 88.3 Å². The maximum Gasteiger partial charge on any atom is 0.240 e. The van der Waals surface area contributed by atoms with Crippen molar-refractivity contribution in [1.29, 1.82) is 0 Å². The largest absolute Gasteiger partial charge is 0.350 e. The third-order valence-electron chi connectivity index (χ3n) is 3.96. The Bertz CT molecular complexity index is 775. The maximum atomic E-state index is 12.2. The van der Waals surface area contributed by atoms with Crippen LogP contribution in [0.2, 0.25) is 0 Å². The lowest BCUT2D eigenvalue weighted by Gasteiger charge is -2.23. The van der Waals surface area contributed by atoms with Gasteiger partial charge in [-0.1, -0.05) is 36.3 Å². The Hall–Kier alpha value is -2.70. The Kier molecular flexibility index (Phi) is 6.71. The van der Waals surface area contributed by atoms with Crippen LogP contribution in [0.5, 0.6) is 0 Å². The molecule has 2 aromatic rings. The fourth-order valence-corrected chi connectivity index (χ4v) is 2.53. The van der Waals surface area contributed by atoms with Crippen LogP contribution in [-0.2, 0) is 22.4 Å². The van der Waals surface area contributed by atoms with E-state index in [4.69, 9.17) is 4.52 Å². The summed E-state index contributed by atoms with van der Waals surface area (Å²) in [6.07, 6.45) is 1.51. The van der Waals surface area contributed by atoms with Gasteiger partial charge in [-0.05, 0) is 32.8 Å². The fourth-order valence-electron chi connectivity index (χ4n) is 2.53. The lowest BCUT2D eigenvalue weighted by Crippen LogP contribution is -2.46. The van der Waals surface area contributed by atoms with Crippen molar-refractivity contribution < 1.29 is 14.1 Å². The second-order valence-electron chi connectivity index (χ2n) is 7.61. The number of amides is 2. The Morgan fingerprint density at radius 3 is 2.44 bits per heavy atom. The number of benzene rings is 1. The highest BCUT2D eigenvalue weighted by molar-refractivity contribution is 5.85. The number of carbonyl (C=O) groups is 2. The fraction of sp³-hybridized carbons (Fsp3) is 0.500. The molecule has 0 fully saturated rings. The molecule has 2 rings (SSSR count). The van der Waals surface area contributed by atoms with Crippen molar-refractivity contribution >= 4 is 11.8 Å². The van der Waals surface area contributed by atoms with Gasteiger partial charge in [-0.15, -0.1) is 0 Å². The molecule has 0 saturated heterocycles. The first-order valence-corrected chi connectivity index (χ1v) is 9.15. The Balaban J connectivity index is 1.86. The summed E-state index contributed by atoms with van der Waals surface area (Å²) < 4.78 is 5.24. The summed E-state index contributed by atoms with van der Waals surface area (Å²) in [6.45, 7) is 7.82. The first kappa shape index (κ1) is 20.6. The van der Waals surface area contributed by atoms with Gasteiger partial charge in [0, 0.05) is 31.0 Å². The summed E-state index contributed by atoms with van der Waals surface area (Å²) in [6, 6.07) is 7.99. The lowest BCUT2D eigenvalue weighted by atomic mass is 10.1. The molecule has 27 heavy (non-hydrogen) atoms. The highest BCUT2D eigenvalue weighted by Gasteiger charge is 2.18. The molecule has 7 heteroatoms. The maximum absolute atomic E-state index is 12.2. The zero-order chi connectivity index (χ0) is 20.0. The van der Waals surface area contributed by atoms with Crippen LogP contribution in [-0.4, -0.2) is 46.0 Å². The monoisotopic (exact) mass is 372 g/mol. The van der Waals surface area contributed by atoms with E-state index in [1.165, 1.54) is 10.5 Å². The molecule has 0 aliphatic carbocycles. The highest BCUT2D eigenvalue weighted by atomic mass is 16.5. The van der Waals surface area contributed by atoms with E-state index in [9.17, 15) is 9.59 Å². The molecule has 7 nitrogen and oxygen atoms in total. The Labute approximate surface area is 160 Å². The summed E-state index contributed by atoms with van der Waals surface area (Å²) in [7, 11) is 1.61. The van der Waals surface area contributed by atoms with Crippen molar-refractivity contribution in [2.24, 2.45) is 0 Å². The molecule has 1 aromatic carbocycles. The van der Waals surface area contributed by atoms with Crippen molar-refractivity contribution in [1.82, 2.24) is 20.4 Å². The van der Waals surface area contributed by atoms with Gasteiger partial charge >= 0.3 is 0 Å². The molecule has 146 valence electrons. The molecule has 0 radical (unpaired) electrons. The van der Waals surface area contributed by atoms with Crippen LogP contribution >= 0.6 is 0 Å². The number of aryl methyl sites for hydroxylation is 2. The van der Waals surface area contributed by atoms with Gasteiger partial charge in [-0.2, -0.15) is 4.98 Å². The SMILES string of the molecule is CCc1ccc(-c2noc(CCC(=O)N(C)CC(=O)NC(C)(C)C)n2)cc1. The van der Waals surface area contributed by atoms with Crippen LogP contribution < -0.4 is 5.32 Å². The standard InChI is InChI=1S/C20H28N4O3/c1-6-14-7-9-15(10-8-14)19-21-17(27-23-19)11-12-18(26)24(5)13-16(25)22-20(2,3)4/h7-10H,6,11-13H2,1-5H3,(H,22,25). The Morgan fingerprint density at radius 1 is 1.19 bits per heavy atom. The van der Waals surface area contributed by atoms with Crippen molar-refractivity contribution in [2.45, 2.75) is 52.5 Å². The number of likely N-dealkylation sites (N-methyl/N-ethyl adjacent to an activating group) is 1. The van der Waals surface area contributed by atoms with Crippen LogP contribution in [0.3, 0.4) is 0 Å². The first-order chi connectivity index (χ1) is 12.7. The minimum Gasteiger partial charge on any atom is -0.350 e. The van der Waals surface area contributed by atoms with E-state index in [-0.39, 0.29) is 30.3 Å². The lowest BCUT2D eigenvalue weighted by molar-refractivity contribution is -0.135. The van der Waals surface area contributed by atoms with Crippen molar-refractivity contribution in [3.63, 3.8) is 0 Å². The molecule has 0 aliphatic heterocycles. The number of rotatable bonds is 7. The van der Waals surface area contributed by atoms with Gasteiger partial charge in [0.25, 0.3) is 0 Å². The smallest absolute Gasteiger partial charge is 0.240 e. The third-order valence-corrected chi connectivity index (χ3v) is 3.96. The minimum absolute atomic E-state index is 0.0228. The molecule has 2 amide bonds. The van der Waals surface area contributed by atoms with Gasteiger partial charge in [0.2, 0.25) is 23.5 Å². The number of nitrogens with one attached hydrogen (secondary N) is 1. The van der Waals surface area contributed by atoms with Gasteiger partial charge in [0.15, 0.2) is 0 Å². The van der Waals surface area contributed by atoms with Crippen LogP contribution in [0, 0.1) is 0 Å². The van der Waals surface area contributed by atoms with E-state index < -0.39 is 0 Å². The van der Waals surface area contributed by atoms with Gasteiger partial charge in [-0.25, -0.2) is 0 Å². The zero-order valence-electron chi connectivity index (χ0n) is 16.7. The summed E-state index contributed by atoms with van der Waals surface area (Å²) in [5, 5.41) is 6.81. The summed E-state index contributed by atoms with van der Waals surface area (Å²) in [4.78, 5) is 29.9. The van der Waals surface area contributed by atoms with Crippen molar-refractivity contribution in [2.75, 3.05) is 13.6 Å². The average Bonchev–Trinajstić information content (AvgIpc) is 3.07. The van der Waals surface area contributed by atoms with E-state index >= 15 is 0 Å². The molecular weight excluding hydrogens is 344 g/mol. The van der Waals surface area contributed by atoms with Crippen LogP contribution in [0.25, 0.3) is 11.4 Å². The van der Waals surface area contributed by atoms with Crippen LogP contribution in [0.15, 0.2) is 28.8 Å². The molecular formula is C20H28N4O3. The Morgan fingerprint density at radius 2 is 1.85 bits per heavy atom. The minimum atomic E-state index is -0.323. The van der Waals surface area contributed by atoms with Gasteiger partial charge in [0.1, 0.15) is 0 Å². The normalized spacial score (nSPS) is 11.3. The van der Waals surface area contributed by atoms with Gasteiger partial charge in [-0.3, -0.25) is 9.59 Å². The molecule has 1 heterocycles. The van der Waals surface area contributed by atoms with E-state index in [1.54, 1.807) is 7.05 Å².